The van der Waals surface area contributed by atoms with E-state index in [1.54, 1.807) is 7.11 Å². The first-order valence-electron chi connectivity index (χ1n) is 6.67. The number of rotatable bonds is 10. The smallest absolute Gasteiger partial charge is 0.222 e. The van der Waals surface area contributed by atoms with Gasteiger partial charge in [0.05, 0.1) is 12.5 Å². The number of methoxy groups -OCH3 is 1. The van der Waals surface area contributed by atoms with Crippen LogP contribution in [0.2, 0.25) is 0 Å². The highest BCUT2D eigenvalue weighted by molar-refractivity contribution is 5.85. The van der Waals surface area contributed by atoms with Crippen LogP contribution in [0.15, 0.2) is 0 Å². The summed E-state index contributed by atoms with van der Waals surface area (Å²) in [5.74, 6) is -0.0449. The lowest BCUT2D eigenvalue weighted by Gasteiger charge is -2.31. The molecule has 0 aliphatic carbocycles. The predicted molar refractivity (Wildman–Crippen MR) is 79.4 cm³/mol. The van der Waals surface area contributed by atoms with Crippen LogP contribution in [0.25, 0.3) is 0 Å². The normalized spacial score (nSPS) is 12.7. The maximum atomic E-state index is 11.7. The molecule has 0 spiro atoms. The van der Waals surface area contributed by atoms with E-state index >= 15 is 0 Å². The van der Waals surface area contributed by atoms with E-state index in [1.807, 2.05) is 0 Å². The van der Waals surface area contributed by atoms with Crippen LogP contribution >= 0.6 is 12.4 Å². The molecule has 0 fully saturated rings. The Balaban J connectivity index is 0. The molecule has 19 heavy (non-hydrogen) atoms. The van der Waals surface area contributed by atoms with Crippen LogP contribution in [-0.2, 0) is 9.53 Å². The monoisotopic (exact) mass is 296 g/mol. The fraction of sp³-hybridized carbons (Fsp3) is 0.923. The van der Waals surface area contributed by atoms with E-state index < -0.39 is 0 Å². The number of nitrogens with two attached hydrogens (primary N) is 1. The molecule has 0 aromatic heterocycles. The second-order valence-corrected chi connectivity index (χ2v) is 4.75. The summed E-state index contributed by atoms with van der Waals surface area (Å²) in [5.41, 5.74) is 5.47. The zero-order valence-electron chi connectivity index (χ0n) is 12.3. The highest BCUT2D eigenvalue weighted by Crippen LogP contribution is 2.29. The van der Waals surface area contributed by atoms with Crippen molar-refractivity contribution in [3.8, 4) is 0 Å². The predicted octanol–water partition coefficient (Wildman–Crippen LogP) is 1.08. The van der Waals surface area contributed by atoms with Gasteiger partial charge in [-0.3, -0.25) is 4.79 Å². The van der Waals surface area contributed by atoms with Gasteiger partial charge in [0.2, 0.25) is 5.91 Å². The molecule has 5 nitrogen and oxygen atoms in total. The molecule has 0 radical (unpaired) electrons. The summed E-state index contributed by atoms with van der Waals surface area (Å²) in [6.45, 7) is 5.26. The Kier molecular flexibility index (Phi) is 12.6. The van der Waals surface area contributed by atoms with Crippen LogP contribution in [0.1, 0.15) is 39.5 Å². The number of hydrogen-bond donors (Lipinski definition) is 3. The van der Waals surface area contributed by atoms with Gasteiger partial charge in [-0.2, -0.15) is 0 Å². The van der Waals surface area contributed by atoms with Gasteiger partial charge in [-0.15, -0.1) is 12.4 Å². The van der Waals surface area contributed by atoms with Gasteiger partial charge in [-0.1, -0.05) is 13.8 Å². The maximum absolute atomic E-state index is 11.7. The van der Waals surface area contributed by atoms with Crippen molar-refractivity contribution in [2.45, 2.75) is 45.6 Å². The lowest BCUT2D eigenvalue weighted by atomic mass is 9.79. The molecule has 0 saturated carbocycles. The van der Waals surface area contributed by atoms with Gasteiger partial charge < -0.3 is 20.9 Å². The van der Waals surface area contributed by atoms with Crippen molar-refractivity contribution in [3.63, 3.8) is 0 Å². The molecule has 0 bridgehead atoms. The lowest BCUT2D eigenvalue weighted by molar-refractivity contribution is -0.124. The quantitative estimate of drug-likeness (QED) is 0.563. The van der Waals surface area contributed by atoms with Crippen molar-refractivity contribution < 1.29 is 14.6 Å². The lowest BCUT2D eigenvalue weighted by Crippen LogP contribution is -2.39. The zero-order valence-corrected chi connectivity index (χ0v) is 13.1. The van der Waals surface area contributed by atoms with E-state index in [4.69, 9.17) is 15.6 Å². The standard InChI is InChI=1S/C13H28N2O3.ClH/c1-4-13(5-2,6-7-16)10-15-12(17)8-11(9-14)18-3;/h11,16H,4-10,14H2,1-3H3,(H,15,17);1H. The van der Waals surface area contributed by atoms with E-state index in [0.29, 0.717) is 19.5 Å². The van der Waals surface area contributed by atoms with Gasteiger partial charge in [0.15, 0.2) is 0 Å². The average molecular weight is 297 g/mol. The first kappa shape index (κ1) is 20.9. The van der Waals surface area contributed by atoms with Crippen LogP contribution in [0, 0.1) is 5.41 Å². The highest BCUT2D eigenvalue weighted by atomic mass is 35.5. The number of halogens is 1. The number of amides is 1. The molecule has 4 N–H and O–H groups in total. The number of nitrogens with one attached hydrogen (secondary N) is 1. The fourth-order valence-electron chi connectivity index (χ4n) is 2.01. The molecule has 0 aromatic carbocycles. The van der Waals surface area contributed by atoms with Gasteiger partial charge >= 0.3 is 0 Å². The Morgan fingerprint density at radius 1 is 1.42 bits per heavy atom. The molecule has 0 heterocycles. The Morgan fingerprint density at radius 2 is 2.00 bits per heavy atom. The summed E-state index contributed by atoms with van der Waals surface area (Å²) >= 11 is 0. The molecule has 1 amide bonds. The second kappa shape index (κ2) is 11.5. The molecular weight excluding hydrogens is 268 g/mol. The summed E-state index contributed by atoms with van der Waals surface area (Å²) in [6.07, 6.45) is 2.66. The van der Waals surface area contributed by atoms with Crippen LogP contribution in [0.5, 0.6) is 0 Å². The summed E-state index contributed by atoms with van der Waals surface area (Å²) < 4.78 is 5.08. The van der Waals surface area contributed by atoms with Gasteiger partial charge in [-0.05, 0) is 24.7 Å². The zero-order chi connectivity index (χ0) is 14.0. The number of carbonyl (C=O) groups is 1. The van der Waals surface area contributed by atoms with Crippen molar-refractivity contribution in [2.24, 2.45) is 11.1 Å². The van der Waals surface area contributed by atoms with Crippen LogP contribution in [-0.4, -0.2) is 43.9 Å². The Morgan fingerprint density at radius 3 is 2.37 bits per heavy atom. The average Bonchev–Trinajstić information content (AvgIpc) is 2.41. The van der Waals surface area contributed by atoms with Crippen molar-refractivity contribution in [2.75, 3.05) is 26.8 Å². The van der Waals surface area contributed by atoms with Gasteiger partial charge in [0, 0.05) is 26.8 Å². The molecule has 0 saturated heterocycles. The topological polar surface area (TPSA) is 84.6 Å². The van der Waals surface area contributed by atoms with Crippen molar-refractivity contribution in [1.29, 1.82) is 0 Å². The Bertz CT molecular complexity index is 232. The minimum atomic E-state index is -0.222. The van der Waals surface area contributed by atoms with Crippen molar-refractivity contribution in [1.82, 2.24) is 5.32 Å². The molecule has 1 unspecified atom stereocenters. The number of hydrogen-bond acceptors (Lipinski definition) is 4. The van der Waals surface area contributed by atoms with Gasteiger partial charge in [0.1, 0.15) is 0 Å². The SMILES string of the molecule is CCC(CC)(CCO)CNC(=O)CC(CN)OC.Cl. The number of carbonyl (C=O) groups excluding carboxylic acids is 1. The van der Waals surface area contributed by atoms with E-state index in [0.717, 1.165) is 12.8 Å². The summed E-state index contributed by atoms with van der Waals surface area (Å²) in [5, 5.41) is 12.0. The van der Waals surface area contributed by atoms with E-state index in [1.165, 1.54) is 0 Å². The molecular formula is C13H29ClN2O3. The highest BCUT2D eigenvalue weighted by Gasteiger charge is 2.26. The van der Waals surface area contributed by atoms with Gasteiger partial charge in [-0.25, -0.2) is 0 Å². The third-order valence-corrected chi connectivity index (χ3v) is 3.81. The summed E-state index contributed by atoms with van der Waals surface area (Å²) in [4.78, 5) is 11.7. The molecule has 0 aliphatic rings. The Labute approximate surface area is 122 Å². The number of ether oxygens (including phenoxy) is 1. The van der Waals surface area contributed by atoms with Crippen LogP contribution < -0.4 is 11.1 Å². The third-order valence-electron chi connectivity index (χ3n) is 3.81. The van der Waals surface area contributed by atoms with E-state index in [-0.39, 0.29) is 42.9 Å². The molecule has 6 heteroatoms. The van der Waals surface area contributed by atoms with E-state index in [9.17, 15) is 4.79 Å². The fourth-order valence-corrected chi connectivity index (χ4v) is 2.01. The van der Waals surface area contributed by atoms with Crippen LogP contribution in [0.4, 0.5) is 0 Å². The second-order valence-electron chi connectivity index (χ2n) is 4.75. The van der Waals surface area contributed by atoms with E-state index in [2.05, 4.69) is 19.2 Å². The molecule has 0 aromatic rings. The minimum absolute atomic E-state index is 0. The van der Waals surface area contributed by atoms with Gasteiger partial charge in [0.25, 0.3) is 0 Å². The molecule has 1 atom stereocenters. The number of aliphatic hydroxyl groups is 1. The molecule has 116 valence electrons. The third kappa shape index (κ3) is 7.72. The summed E-state index contributed by atoms with van der Waals surface area (Å²) in [6, 6.07) is 0. The molecule has 0 rings (SSSR count). The van der Waals surface area contributed by atoms with Crippen LogP contribution in [0.3, 0.4) is 0 Å². The first-order valence-corrected chi connectivity index (χ1v) is 6.67. The van der Waals surface area contributed by atoms with Crippen molar-refractivity contribution in [3.05, 3.63) is 0 Å². The summed E-state index contributed by atoms with van der Waals surface area (Å²) in [7, 11) is 1.55. The number of aliphatic hydroxyl groups excluding tert-OH is 1. The Hall–Kier alpha value is -0.360. The maximum Gasteiger partial charge on any atom is 0.222 e. The minimum Gasteiger partial charge on any atom is -0.396 e. The largest absolute Gasteiger partial charge is 0.396 e. The molecule has 0 aliphatic heterocycles. The van der Waals surface area contributed by atoms with Crippen molar-refractivity contribution >= 4 is 18.3 Å². The first-order chi connectivity index (χ1) is 8.57.